The lowest BCUT2D eigenvalue weighted by Gasteiger charge is -2.17. The predicted molar refractivity (Wildman–Crippen MR) is 99.8 cm³/mol. The van der Waals surface area contributed by atoms with Crippen molar-refractivity contribution in [2.24, 2.45) is 0 Å². The first kappa shape index (κ1) is 22.0. The molecule has 0 heterocycles. The monoisotopic (exact) mass is 424 g/mol. The highest BCUT2D eigenvalue weighted by Gasteiger charge is 2.25. The molecule has 0 fully saturated rings. The Morgan fingerprint density at radius 2 is 1.52 bits per heavy atom. The van der Waals surface area contributed by atoms with Crippen LogP contribution in [-0.2, 0) is 14.8 Å². The van der Waals surface area contributed by atoms with Gasteiger partial charge in [-0.05, 0) is 48.9 Å². The largest absolute Gasteiger partial charge is 0.478 e. The molecule has 154 valence electrons. The normalized spacial score (nSPS) is 12.2. The number of carboxylic acids is 2. The van der Waals surface area contributed by atoms with Crippen molar-refractivity contribution < 1.29 is 37.4 Å². The lowest BCUT2D eigenvalue weighted by molar-refractivity contribution is -0.117. The van der Waals surface area contributed by atoms with Crippen molar-refractivity contribution in [2.75, 3.05) is 5.32 Å². The summed E-state index contributed by atoms with van der Waals surface area (Å²) in [4.78, 5) is 34.5. The summed E-state index contributed by atoms with van der Waals surface area (Å²) < 4.78 is 39.9. The van der Waals surface area contributed by atoms with E-state index < -0.39 is 39.7 Å². The third-order valence-corrected chi connectivity index (χ3v) is 5.33. The number of benzene rings is 2. The fourth-order valence-electron chi connectivity index (χ4n) is 2.37. The van der Waals surface area contributed by atoms with Crippen LogP contribution in [0, 0.1) is 5.82 Å². The van der Waals surface area contributed by atoms with Crippen molar-refractivity contribution in [3.05, 3.63) is 59.4 Å². The van der Waals surface area contributed by atoms with Gasteiger partial charge in [0.05, 0.1) is 16.0 Å². The van der Waals surface area contributed by atoms with Gasteiger partial charge in [-0.3, -0.25) is 4.79 Å². The summed E-state index contributed by atoms with van der Waals surface area (Å²) in [6.45, 7) is 1.54. The van der Waals surface area contributed by atoms with Crippen LogP contribution in [0.15, 0.2) is 47.4 Å². The fraction of sp³-hybridized carbons (Fsp3) is 0.167. The van der Waals surface area contributed by atoms with Gasteiger partial charge < -0.3 is 15.5 Å². The van der Waals surface area contributed by atoms with Crippen LogP contribution in [0.2, 0.25) is 0 Å². The summed E-state index contributed by atoms with van der Waals surface area (Å²) in [6.07, 6.45) is 0.0384. The number of aromatic carboxylic acids is 2. The van der Waals surface area contributed by atoms with Gasteiger partial charge in [-0.25, -0.2) is 22.4 Å². The van der Waals surface area contributed by atoms with Crippen LogP contribution in [-0.4, -0.2) is 42.5 Å². The van der Waals surface area contributed by atoms with Crippen molar-refractivity contribution in [3.8, 4) is 0 Å². The number of carbonyl (C=O) groups is 3. The second-order valence-corrected chi connectivity index (χ2v) is 7.65. The summed E-state index contributed by atoms with van der Waals surface area (Å²) in [5, 5.41) is 20.5. The third kappa shape index (κ3) is 5.59. The summed E-state index contributed by atoms with van der Waals surface area (Å²) in [7, 11) is -4.13. The first-order valence-corrected chi connectivity index (χ1v) is 9.72. The van der Waals surface area contributed by atoms with Crippen LogP contribution < -0.4 is 10.0 Å². The molecule has 1 unspecified atom stereocenters. The van der Waals surface area contributed by atoms with E-state index in [2.05, 4.69) is 10.0 Å². The molecule has 0 saturated carbocycles. The number of sulfonamides is 1. The molecule has 2 aromatic rings. The zero-order valence-corrected chi connectivity index (χ0v) is 15.9. The topological polar surface area (TPSA) is 150 Å². The molecule has 0 aromatic heterocycles. The smallest absolute Gasteiger partial charge is 0.335 e. The first-order chi connectivity index (χ1) is 13.5. The summed E-state index contributed by atoms with van der Waals surface area (Å²) in [6, 6.07) is 5.78. The highest BCUT2D eigenvalue weighted by molar-refractivity contribution is 7.89. The number of halogens is 1. The molecule has 1 atom stereocenters. The van der Waals surface area contributed by atoms with Gasteiger partial charge in [0.1, 0.15) is 11.9 Å². The second kappa shape index (κ2) is 8.80. The average molecular weight is 424 g/mol. The zero-order valence-electron chi connectivity index (χ0n) is 15.0. The average Bonchev–Trinajstić information content (AvgIpc) is 2.66. The Morgan fingerprint density at radius 1 is 1.00 bits per heavy atom. The highest BCUT2D eigenvalue weighted by atomic mass is 32.2. The molecular formula is C18H17FN2O7S. The van der Waals surface area contributed by atoms with E-state index in [0.29, 0.717) is 0 Å². The molecule has 1 amide bonds. The van der Waals surface area contributed by atoms with Crippen LogP contribution in [0.25, 0.3) is 0 Å². The van der Waals surface area contributed by atoms with E-state index in [4.69, 9.17) is 10.2 Å². The van der Waals surface area contributed by atoms with Gasteiger partial charge in [0.2, 0.25) is 15.9 Å². The third-order valence-electron chi connectivity index (χ3n) is 3.84. The zero-order chi connectivity index (χ0) is 21.8. The van der Waals surface area contributed by atoms with Gasteiger partial charge in [-0.2, -0.15) is 4.72 Å². The number of hydrogen-bond donors (Lipinski definition) is 4. The molecule has 0 saturated heterocycles. The van der Waals surface area contributed by atoms with Gasteiger partial charge in [0, 0.05) is 5.69 Å². The number of amides is 1. The van der Waals surface area contributed by atoms with E-state index in [9.17, 15) is 27.2 Å². The quantitative estimate of drug-likeness (QED) is 0.505. The maximum absolute atomic E-state index is 13.0. The minimum Gasteiger partial charge on any atom is -0.478 e. The maximum Gasteiger partial charge on any atom is 0.335 e. The van der Waals surface area contributed by atoms with Gasteiger partial charge in [0.15, 0.2) is 0 Å². The van der Waals surface area contributed by atoms with Gasteiger partial charge in [-0.1, -0.05) is 6.92 Å². The molecule has 29 heavy (non-hydrogen) atoms. The van der Waals surface area contributed by atoms with Crippen LogP contribution in [0.4, 0.5) is 10.1 Å². The highest BCUT2D eigenvalue weighted by Crippen LogP contribution is 2.17. The molecule has 0 bridgehead atoms. The Hall–Kier alpha value is -3.31. The number of carboxylic acid groups (broad SMARTS) is 2. The van der Waals surface area contributed by atoms with Crippen molar-refractivity contribution in [2.45, 2.75) is 24.3 Å². The van der Waals surface area contributed by atoms with E-state index in [1.807, 2.05) is 0 Å². The molecule has 0 aliphatic heterocycles. The SMILES string of the molecule is CCC(NS(=O)(=O)c1ccc(F)cc1)C(=O)Nc1cc(C(=O)O)cc(C(=O)O)c1. The van der Waals surface area contributed by atoms with Gasteiger partial charge >= 0.3 is 11.9 Å². The van der Waals surface area contributed by atoms with Crippen LogP contribution in [0.5, 0.6) is 0 Å². The Morgan fingerprint density at radius 3 is 1.97 bits per heavy atom. The molecule has 2 rings (SSSR count). The second-order valence-electron chi connectivity index (χ2n) is 5.93. The number of hydrogen-bond acceptors (Lipinski definition) is 5. The summed E-state index contributed by atoms with van der Waals surface area (Å²) in [5.74, 6) is -4.24. The predicted octanol–water partition coefficient (Wildman–Crippen LogP) is 1.92. The van der Waals surface area contributed by atoms with Gasteiger partial charge in [0.25, 0.3) is 0 Å². The molecular weight excluding hydrogens is 407 g/mol. The molecule has 11 heteroatoms. The standard InChI is InChI=1S/C18H17FN2O7S/c1-2-15(21-29(27,28)14-5-3-12(19)4-6-14)16(22)20-13-8-10(17(23)24)7-11(9-13)18(25)26/h3-9,15,21H,2H2,1H3,(H,20,22)(H,23,24)(H,25,26). The van der Waals surface area contributed by atoms with E-state index >= 15 is 0 Å². The molecule has 0 aliphatic rings. The van der Waals surface area contributed by atoms with Crippen molar-refractivity contribution in [1.82, 2.24) is 4.72 Å². The van der Waals surface area contributed by atoms with Crippen molar-refractivity contribution in [1.29, 1.82) is 0 Å². The Kier molecular flexibility index (Phi) is 6.67. The van der Waals surface area contributed by atoms with Crippen LogP contribution >= 0.6 is 0 Å². The van der Waals surface area contributed by atoms with Crippen molar-refractivity contribution >= 4 is 33.6 Å². The number of anilines is 1. The number of rotatable bonds is 8. The maximum atomic E-state index is 13.0. The van der Waals surface area contributed by atoms with E-state index in [1.165, 1.54) is 6.92 Å². The number of nitrogens with one attached hydrogen (secondary N) is 2. The van der Waals surface area contributed by atoms with Crippen LogP contribution in [0.1, 0.15) is 34.1 Å². The lowest BCUT2D eigenvalue weighted by atomic mass is 10.1. The summed E-state index contributed by atoms with van der Waals surface area (Å²) in [5.41, 5.74) is -0.841. The Labute approximate surface area is 165 Å². The first-order valence-electron chi connectivity index (χ1n) is 8.24. The molecule has 0 spiro atoms. The molecule has 9 nitrogen and oxygen atoms in total. The summed E-state index contributed by atoms with van der Waals surface area (Å²) >= 11 is 0. The molecule has 4 N–H and O–H groups in total. The van der Waals surface area contributed by atoms with Gasteiger partial charge in [-0.15, -0.1) is 0 Å². The van der Waals surface area contributed by atoms with E-state index in [-0.39, 0.29) is 28.1 Å². The number of carbonyl (C=O) groups excluding carboxylic acids is 1. The molecule has 2 aromatic carbocycles. The minimum absolute atomic E-state index is 0.0384. The van der Waals surface area contributed by atoms with Crippen molar-refractivity contribution in [3.63, 3.8) is 0 Å². The molecule has 0 aliphatic carbocycles. The van der Waals surface area contributed by atoms with E-state index in [1.54, 1.807) is 0 Å². The van der Waals surface area contributed by atoms with Crippen LogP contribution in [0.3, 0.4) is 0 Å². The fourth-order valence-corrected chi connectivity index (χ4v) is 3.65. The molecule has 0 radical (unpaired) electrons. The van der Waals surface area contributed by atoms with E-state index in [0.717, 1.165) is 42.5 Å². The minimum atomic E-state index is -4.13. The Bertz CT molecular complexity index is 1020. The Balaban J connectivity index is 2.25. The lowest BCUT2D eigenvalue weighted by Crippen LogP contribution is -2.43.